The summed E-state index contributed by atoms with van der Waals surface area (Å²) >= 11 is 6.09. The smallest absolute Gasteiger partial charge is 0.234 e. The first-order chi connectivity index (χ1) is 12.9. The Labute approximate surface area is 167 Å². The number of carbonyl (C=O) groups is 1. The maximum Gasteiger partial charge on any atom is 0.234 e. The highest BCUT2D eigenvalue weighted by Crippen LogP contribution is 2.21. The van der Waals surface area contributed by atoms with Gasteiger partial charge in [0.15, 0.2) is 0 Å². The number of piperazine rings is 1. The molecule has 1 fully saturated rings. The number of carbonyl (C=O) groups excluding carboxylic acids is 1. The summed E-state index contributed by atoms with van der Waals surface area (Å²) in [7, 11) is 0. The van der Waals surface area contributed by atoms with Crippen molar-refractivity contribution in [3.63, 3.8) is 0 Å². The maximum atomic E-state index is 12.5. The van der Waals surface area contributed by atoms with Crippen LogP contribution in [0.3, 0.4) is 0 Å². The van der Waals surface area contributed by atoms with E-state index < -0.39 is 0 Å². The van der Waals surface area contributed by atoms with Crippen LogP contribution in [0.15, 0.2) is 42.5 Å². The van der Waals surface area contributed by atoms with Gasteiger partial charge in [-0.2, -0.15) is 0 Å². The maximum absolute atomic E-state index is 12.5. The lowest BCUT2D eigenvalue weighted by Gasteiger charge is -2.36. The summed E-state index contributed by atoms with van der Waals surface area (Å²) in [5.74, 6) is 0.0805. The van der Waals surface area contributed by atoms with Crippen molar-refractivity contribution in [1.82, 2.24) is 10.2 Å². The van der Waals surface area contributed by atoms with E-state index in [0.29, 0.717) is 6.54 Å². The quantitative estimate of drug-likeness (QED) is 0.846. The van der Waals surface area contributed by atoms with Gasteiger partial charge in [-0.05, 0) is 55.7 Å². The molecule has 0 aliphatic carbocycles. The molecule has 1 unspecified atom stereocenters. The number of aryl methyl sites for hydroxylation is 2. The van der Waals surface area contributed by atoms with Gasteiger partial charge in [-0.3, -0.25) is 9.69 Å². The number of hydrogen-bond donors (Lipinski definition) is 1. The van der Waals surface area contributed by atoms with Crippen LogP contribution >= 0.6 is 11.6 Å². The van der Waals surface area contributed by atoms with Crippen molar-refractivity contribution in [2.45, 2.75) is 26.8 Å². The zero-order valence-corrected chi connectivity index (χ0v) is 17.1. The first-order valence-electron chi connectivity index (χ1n) is 9.52. The second-order valence-electron chi connectivity index (χ2n) is 7.38. The van der Waals surface area contributed by atoms with Crippen LogP contribution in [0.4, 0.5) is 5.69 Å². The van der Waals surface area contributed by atoms with Gasteiger partial charge in [0, 0.05) is 36.9 Å². The fraction of sp³-hybridized carbons (Fsp3) is 0.409. The molecule has 27 heavy (non-hydrogen) atoms. The Bertz CT molecular complexity index is 800. The Kier molecular flexibility index (Phi) is 6.40. The minimum atomic E-state index is 0.0181. The molecular weight excluding hydrogens is 358 g/mol. The molecule has 1 saturated heterocycles. The summed E-state index contributed by atoms with van der Waals surface area (Å²) in [4.78, 5) is 17.0. The van der Waals surface area contributed by atoms with E-state index in [0.717, 1.165) is 42.5 Å². The molecule has 2 aromatic rings. The fourth-order valence-electron chi connectivity index (χ4n) is 3.44. The fourth-order valence-corrected chi connectivity index (χ4v) is 3.63. The van der Waals surface area contributed by atoms with Gasteiger partial charge in [0.2, 0.25) is 5.91 Å². The van der Waals surface area contributed by atoms with E-state index >= 15 is 0 Å². The number of nitrogens with one attached hydrogen (secondary N) is 1. The average molecular weight is 386 g/mol. The first kappa shape index (κ1) is 19.7. The van der Waals surface area contributed by atoms with Gasteiger partial charge in [-0.1, -0.05) is 35.9 Å². The highest BCUT2D eigenvalue weighted by molar-refractivity contribution is 6.30. The first-order valence-corrected chi connectivity index (χ1v) is 9.89. The molecule has 0 radical (unpaired) electrons. The third-order valence-corrected chi connectivity index (χ3v) is 5.56. The molecule has 0 aromatic heterocycles. The third-order valence-electron chi connectivity index (χ3n) is 5.32. The molecule has 4 nitrogen and oxygen atoms in total. The van der Waals surface area contributed by atoms with Gasteiger partial charge in [-0.25, -0.2) is 0 Å². The lowest BCUT2D eigenvalue weighted by atomic mass is 10.0. The summed E-state index contributed by atoms with van der Waals surface area (Å²) in [5.41, 5.74) is 4.83. The van der Waals surface area contributed by atoms with Gasteiger partial charge in [0.1, 0.15) is 0 Å². The van der Waals surface area contributed by atoms with E-state index in [1.807, 2.05) is 25.1 Å². The van der Waals surface area contributed by atoms with E-state index in [4.69, 9.17) is 11.6 Å². The summed E-state index contributed by atoms with van der Waals surface area (Å²) in [6, 6.07) is 14.3. The van der Waals surface area contributed by atoms with Gasteiger partial charge >= 0.3 is 0 Å². The van der Waals surface area contributed by atoms with Crippen molar-refractivity contribution in [3.8, 4) is 0 Å². The molecule has 0 spiro atoms. The van der Waals surface area contributed by atoms with E-state index in [-0.39, 0.29) is 11.9 Å². The van der Waals surface area contributed by atoms with Crippen molar-refractivity contribution in [1.29, 1.82) is 0 Å². The number of hydrogen-bond acceptors (Lipinski definition) is 3. The van der Waals surface area contributed by atoms with Crippen molar-refractivity contribution >= 4 is 23.2 Å². The lowest BCUT2D eigenvalue weighted by Crippen LogP contribution is -2.49. The zero-order chi connectivity index (χ0) is 19.4. The molecule has 5 heteroatoms. The van der Waals surface area contributed by atoms with Crippen LogP contribution in [0.1, 0.15) is 29.7 Å². The minimum Gasteiger partial charge on any atom is -0.369 e. The third kappa shape index (κ3) is 5.24. The Balaban J connectivity index is 1.48. The van der Waals surface area contributed by atoms with Gasteiger partial charge in [0.25, 0.3) is 0 Å². The Morgan fingerprint density at radius 1 is 1.07 bits per heavy atom. The van der Waals surface area contributed by atoms with Gasteiger partial charge in [-0.15, -0.1) is 0 Å². The van der Waals surface area contributed by atoms with E-state index in [2.05, 4.69) is 53.2 Å². The summed E-state index contributed by atoms with van der Waals surface area (Å²) in [6.45, 7) is 10.2. The largest absolute Gasteiger partial charge is 0.369 e. The number of benzene rings is 2. The standard InChI is InChI=1S/C22H28ClN3O/c1-16-7-8-19(13-17(16)2)18(3)24-22(27)15-25-9-11-26(12-10-25)21-6-4-5-20(23)14-21/h4-8,13-14,18H,9-12,15H2,1-3H3,(H,24,27). The molecule has 1 atom stereocenters. The van der Waals surface area contributed by atoms with Crippen LogP contribution in [0.5, 0.6) is 0 Å². The molecule has 1 amide bonds. The lowest BCUT2D eigenvalue weighted by molar-refractivity contribution is -0.123. The number of anilines is 1. The van der Waals surface area contributed by atoms with Gasteiger partial charge in [0.05, 0.1) is 12.6 Å². The minimum absolute atomic E-state index is 0.0181. The Hall–Kier alpha value is -2.04. The molecule has 1 aliphatic rings. The SMILES string of the molecule is Cc1ccc(C(C)NC(=O)CN2CCN(c3cccc(Cl)c3)CC2)cc1C. The molecule has 1 N–H and O–H groups in total. The van der Waals surface area contributed by atoms with E-state index in [1.54, 1.807) is 0 Å². The van der Waals surface area contributed by atoms with E-state index in [1.165, 1.54) is 11.1 Å². The number of amides is 1. The highest BCUT2D eigenvalue weighted by Gasteiger charge is 2.20. The van der Waals surface area contributed by atoms with Crippen LogP contribution < -0.4 is 10.2 Å². The summed E-state index contributed by atoms with van der Waals surface area (Å²) < 4.78 is 0. The second kappa shape index (κ2) is 8.77. The Morgan fingerprint density at radius 3 is 2.48 bits per heavy atom. The van der Waals surface area contributed by atoms with Crippen LogP contribution in [0.25, 0.3) is 0 Å². The molecule has 2 aromatic carbocycles. The van der Waals surface area contributed by atoms with Crippen molar-refractivity contribution in [3.05, 3.63) is 64.2 Å². The van der Waals surface area contributed by atoms with Crippen LogP contribution in [0, 0.1) is 13.8 Å². The predicted octanol–water partition coefficient (Wildman–Crippen LogP) is 3.96. The number of nitrogens with zero attached hydrogens (tertiary/aromatic N) is 2. The normalized spacial score (nSPS) is 16.2. The molecule has 1 aliphatic heterocycles. The summed E-state index contributed by atoms with van der Waals surface area (Å²) in [5, 5.41) is 3.89. The average Bonchev–Trinajstić information content (AvgIpc) is 2.64. The molecule has 1 heterocycles. The monoisotopic (exact) mass is 385 g/mol. The number of halogens is 1. The molecule has 3 rings (SSSR count). The van der Waals surface area contributed by atoms with Crippen molar-refractivity contribution in [2.75, 3.05) is 37.6 Å². The predicted molar refractivity (Wildman–Crippen MR) is 113 cm³/mol. The number of rotatable bonds is 5. The van der Waals surface area contributed by atoms with Crippen LogP contribution in [-0.2, 0) is 4.79 Å². The van der Waals surface area contributed by atoms with Crippen LogP contribution in [-0.4, -0.2) is 43.5 Å². The molecule has 0 saturated carbocycles. The Morgan fingerprint density at radius 2 is 1.81 bits per heavy atom. The van der Waals surface area contributed by atoms with E-state index in [9.17, 15) is 4.79 Å². The van der Waals surface area contributed by atoms with Crippen LogP contribution in [0.2, 0.25) is 5.02 Å². The molecular formula is C22H28ClN3O. The van der Waals surface area contributed by atoms with Crippen molar-refractivity contribution in [2.24, 2.45) is 0 Å². The highest BCUT2D eigenvalue weighted by atomic mass is 35.5. The summed E-state index contributed by atoms with van der Waals surface area (Å²) in [6.07, 6.45) is 0. The topological polar surface area (TPSA) is 35.6 Å². The van der Waals surface area contributed by atoms with Crippen molar-refractivity contribution < 1.29 is 4.79 Å². The second-order valence-corrected chi connectivity index (χ2v) is 7.81. The zero-order valence-electron chi connectivity index (χ0n) is 16.3. The molecule has 144 valence electrons. The van der Waals surface area contributed by atoms with Gasteiger partial charge < -0.3 is 10.2 Å². The molecule has 0 bridgehead atoms.